The normalized spacial score (nSPS) is 27.2. The molecule has 0 aliphatic heterocycles. The number of rotatable bonds is 13. The molecule has 6 rings (SSSR count). The van der Waals surface area contributed by atoms with E-state index in [2.05, 4.69) is 6.92 Å². The second-order valence-electron chi connectivity index (χ2n) is 17.2. The lowest BCUT2D eigenvalue weighted by Gasteiger charge is -2.65. The van der Waals surface area contributed by atoms with Gasteiger partial charge in [0.25, 0.3) is 0 Å². The lowest BCUT2D eigenvalue weighted by Crippen LogP contribution is -2.44. The summed E-state index contributed by atoms with van der Waals surface area (Å²) in [5.74, 6) is 0. The van der Waals surface area contributed by atoms with Crippen molar-refractivity contribution in [3.05, 3.63) is 0 Å². The minimum absolute atomic E-state index is 0.118. The first-order valence-electron chi connectivity index (χ1n) is 21.7. The SMILES string of the molecule is CCCCCC(P(C1CCCCC1)C1CCCCC1)(P(C1CCCCC1)C1CCCCC1)P(C1CCCCC1)C1CCCCC1. The average Bonchev–Trinajstić information content (AvgIpc) is 3.11. The van der Waals surface area contributed by atoms with E-state index in [1.165, 1.54) is 12.8 Å². The Morgan fingerprint density at radius 1 is 0.333 bits per heavy atom. The van der Waals surface area contributed by atoms with Gasteiger partial charge < -0.3 is 0 Å². The maximum atomic E-state index is 2.53. The Labute approximate surface area is 286 Å². The summed E-state index contributed by atoms with van der Waals surface area (Å²) in [5.41, 5.74) is 6.96. The van der Waals surface area contributed by atoms with E-state index >= 15 is 0 Å². The zero-order valence-electron chi connectivity index (χ0n) is 30.3. The van der Waals surface area contributed by atoms with Crippen molar-refractivity contribution in [1.29, 1.82) is 0 Å². The van der Waals surface area contributed by atoms with Gasteiger partial charge in [0.15, 0.2) is 0 Å². The molecule has 6 saturated carbocycles. The van der Waals surface area contributed by atoms with Crippen LogP contribution in [0.2, 0.25) is 0 Å². The maximum Gasteiger partial charge on any atom is 0.0316 e. The van der Waals surface area contributed by atoms with Crippen LogP contribution < -0.4 is 0 Å². The Kier molecular flexibility index (Phi) is 15.3. The van der Waals surface area contributed by atoms with Crippen molar-refractivity contribution in [1.82, 2.24) is 0 Å². The lowest BCUT2D eigenvalue weighted by atomic mass is 9.99. The molecule has 0 atom stereocenters. The molecule has 0 saturated heterocycles. The van der Waals surface area contributed by atoms with E-state index in [1.54, 1.807) is 205 Å². The van der Waals surface area contributed by atoms with Gasteiger partial charge in [-0.1, -0.05) is 166 Å². The molecule has 0 heterocycles. The summed E-state index contributed by atoms with van der Waals surface area (Å²) in [5, 5.41) is 0. The average molecular weight is 675 g/mol. The quantitative estimate of drug-likeness (QED) is 0.135. The van der Waals surface area contributed by atoms with Gasteiger partial charge in [-0.2, -0.15) is 0 Å². The summed E-state index contributed by atoms with van der Waals surface area (Å²) in [7, 11) is 0.355. The standard InChI is InChI=1S/C42H77P3/c1-2-3-22-35-42(43(36-23-10-4-11-24-36)37-25-12-5-13-26-37,44(38-27-14-6-15-28-38)39-29-16-7-17-30-39)45(40-31-18-8-19-32-40)41-33-20-9-21-34-41/h36-41H,2-35H2,1H3. The summed E-state index contributed by atoms with van der Waals surface area (Å²) in [6, 6.07) is 0. The molecule has 0 aromatic carbocycles. The van der Waals surface area contributed by atoms with E-state index in [0.717, 1.165) is 38.6 Å². The molecule has 0 radical (unpaired) electrons. The molecule has 6 fully saturated rings. The fourth-order valence-electron chi connectivity index (χ4n) is 12.2. The van der Waals surface area contributed by atoms with Crippen LogP contribution in [0, 0.1) is 0 Å². The largest absolute Gasteiger partial charge is 0.0849 e. The lowest BCUT2D eigenvalue weighted by molar-refractivity contribution is 0.463. The number of unbranched alkanes of at least 4 members (excludes halogenated alkanes) is 2. The summed E-state index contributed by atoms with van der Waals surface area (Å²) >= 11 is 0. The monoisotopic (exact) mass is 675 g/mol. The second-order valence-corrected chi connectivity index (χ2v) is 27.4. The Balaban J connectivity index is 1.57. The molecule has 0 aromatic heterocycles. The van der Waals surface area contributed by atoms with Crippen molar-refractivity contribution in [2.24, 2.45) is 0 Å². The Morgan fingerprint density at radius 3 is 0.756 bits per heavy atom. The van der Waals surface area contributed by atoms with E-state index in [-0.39, 0.29) is 23.8 Å². The highest BCUT2D eigenvalue weighted by molar-refractivity contribution is 7.94. The van der Waals surface area contributed by atoms with Crippen molar-refractivity contribution in [2.75, 3.05) is 0 Å². The summed E-state index contributed by atoms with van der Waals surface area (Å²) in [6.07, 6.45) is 54.8. The van der Waals surface area contributed by atoms with Crippen LogP contribution in [0.1, 0.15) is 225 Å². The zero-order valence-corrected chi connectivity index (χ0v) is 33.0. The van der Waals surface area contributed by atoms with Gasteiger partial charge in [-0.15, -0.1) is 0 Å². The van der Waals surface area contributed by atoms with Crippen LogP contribution >= 0.6 is 23.8 Å². The smallest absolute Gasteiger partial charge is 0.0316 e. The predicted octanol–water partition coefficient (Wildman–Crippen LogP) is 15.7. The molecular weight excluding hydrogens is 597 g/mol. The topological polar surface area (TPSA) is 0 Å². The Morgan fingerprint density at radius 2 is 0.556 bits per heavy atom. The molecule has 0 spiro atoms. The minimum Gasteiger partial charge on any atom is -0.0849 e. The van der Waals surface area contributed by atoms with Crippen molar-refractivity contribution in [3.63, 3.8) is 0 Å². The van der Waals surface area contributed by atoms with Crippen molar-refractivity contribution >= 4 is 23.8 Å². The van der Waals surface area contributed by atoms with Crippen molar-refractivity contribution in [3.8, 4) is 0 Å². The summed E-state index contributed by atoms with van der Waals surface area (Å²) in [6.45, 7) is 2.53. The molecule has 0 bridgehead atoms. The highest BCUT2D eigenvalue weighted by Crippen LogP contribution is 2.91. The maximum absolute atomic E-state index is 2.53. The van der Waals surface area contributed by atoms with E-state index in [1.807, 2.05) is 0 Å². The van der Waals surface area contributed by atoms with Gasteiger partial charge in [0, 0.05) is 4.64 Å². The van der Waals surface area contributed by atoms with E-state index in [9.17, 15) is 0 Å². The van der Waals surface area contributed by atoms with E-state index < -0.39 is 0 Å². The van der Waals surface area contributed by atoms with Gasteiger partial charge in [0.05, 0.1) is 0 Å². The van der Waals surface area contributed by atoms with Gasteiger partial charge in [0.2, 0.25) is 0 Å². The fourth-order valence-corrected chi connectivity index (χ4v) is 33.4. The predicted molar refractivity (Wildman–Crippen MR) is 209 cm³/mol. The van der Waals surface area contributed by atoms with Crippen LogP contribution in [0.3, 0.4) is 0 Å². The molecule has 3 heteroatoms. The van der Waals surface area contributed by atoms with Gasteiger partial charge >= 0.3 is 0 Å². The molecule has 6 aliphatic carbocycles. The first kappa shape index (κ1) is 36.1. The van der Waals surface area contributed by atoms with Gasteiger partial charge in [-0.3, -0.25) is 0 Å². The van der Waals surface area contributed by atoms with Crippen LogP contribution in [0.25, 0.3) is 0 Å². The molecule has 0 nitrogen and oxygen atoms in total. The highest BCUT2D eigenvalue weighted by Gasteiger charge is 2.60. The molecule has 0 unspecified atom stereocenters. The van der Waals surface area contributed by atoms with Crippen LogP contribution in [-0.2, 0) is 0 Å². The molecule has 0 N–H and O–H groups in total. The van der Waals surface area contributed by atoms with Crippen LogP contribution in [0.15, 0.2) is 0 Å². The van der Waals surface area contributed by atoms with Gasteiger partial charge in [-0.25, -0.2) is 0 Å². The van der Waals surface area contributed by atoms with Crippen molar-refractivity contribution in [2.45, 2.75) is 264 Å². The minimum atomic E-state index is 0.118. The van der Waals surface area contributed by atoms with Crippen LogP contribution in [0.4, 0.5) is 0 Å². The first-order chi connectivity index (χ1) is 22.3. The van der Waals surface area contributed by atoms with E-state index in [4.69, 9.17) is 0 Å². The number of hydrogen-bond donors (Lipinski definition) is 0. The second kappa shape index (κ2) is 19.1. The fraction of sp³-hybridized carbons (Fsp3) is 1.00. The third kappa shape index (κ3) is 8.97. The van der Waals surface area contributed by atoms with Gasteiger partial charge in [-0.05, 0) is 117 Å². The van der Waals surface area contributed by atoms with Crippen LogP contribution in [0.5, 0.6) is 0 Å². The van der Waals surface area contributed by atoms with Crippen LogP contribution in [-0.4, -0.2) is 38.6 Å². The molecule has 6 aliphatic rings. The van der Waals surface area contributed by atoms with Gasteiger partial charge in [0.1, 0.15) is 0 Å². The molecule has 0 aromatic rings. The highest BCUT2D eigenvalue weighted by atomic mass is 31.2. The molecule has 260 valence electrons. The molecular formula is C42H77P3. The zero-order chi connectivity index (χ0) is 30.7. The Bertz CT molecular complexity index is 639. The summed E-state index contributed by atoms with van der Waals surface area (Å²) in [4.78, 5) is 0. The number of hydrogen-bond acceptors (Lipinski definition) is 0. The molecule has 45 heavy (non-hydrogen) atoms. The third-order valence-electron chi connectivity index (χ3n) is 14.2. The summed E-state index contributed by atoms with van der Waals surface area (Å²) < 4.78 is 0.840. The first-order valence-corrected chi connectivity index (χ1v) is 26.1. The Hall–Kier alpha value is 1.29. The van der Waals surface area contributed by atoms with E-state index in [0.29, 0.717) is 0 Å². The molecule has 0 amide bonds. The van der Waals surface area contributed by atoms with Crippen molar-refractivity contribution < 1.29 is 0 Å². The third-order valence-corrected chi connectivity index (χ3v) is 29.3.